The van der Waals surface area contributed by atoms with Gasteiger partial charge in [0.2, 0.25) is 5.88 Å². The number of hydrogen-bond acceptors (Lipinski definition) is 6. The molecule has 2 heterocycles. The van der Waals surface area contributed by atoms with E-state index >= 15 is 0 Å². The first-order chi connectivity index (χ1) is 12.8. The van der Waals surface area contributed by atoms with Gasteiger partial charge in [-0.25, -0.2) is 15.0 Å². The number of aromatic nitrogens is 3. The lowest BCUT2D eigenvalue weighted by atomic mass is 10.2. The van der Waals surface area contributed by atoms with Crippen LogP contribution < -0.4 is 10.1 Å². The topological polar surface area (TPSA) is 77.0 Å². The molecule has 0 aliphatic heterocycles. The molecule has 4 rings (SSSR count). The van der Waals surface area contributed by atoms with Crippen molar-refractivity contribution in [1.29, 1.82) is 0 Å². The molecule has 2 aromatic heterocycles. The van der Waals surface area contributed by atoms with Gasteiger partial charge in [0.15, 0.2) is 5.13 Å². The third kappa shape index (κ3) is 3.68. The van der Waals surface area contributed by atoms with Crippen LogP contribution in [0.15, 0.2) is 67.0 Å². The van der Waals surface area contributed by atoms with Gasteiger partial charge in [-0.2, -0.15) is 0 Å². The fraction of sp³-hybridized carbons (Fsp3) is 0.0526. The van der Waals surface area contributed by atoms with Crippen LogP contribution in [0.3, 0.4) is 0 Å². The second kappa shape index (κ2) is 7.28. The molecule has 6 nitrogen and oxygen atoms in total. The smallest absolute Gasteiger partial charge is 0.276 e. The molecule has 1 amide bonds. The maximum Gasteiger partial charge on any atom is 0.276 e. The predicted octanol–water partition coefficient (Wildman–Crippen LogP) is 3.92. The molecule has 0 spiro atoms. The minimum atomic E-state index is -0.351. The molecule has 0 radical (unpaired) electrons. The summed E-state index contributed by atoms with van der Waals surface area (Å²) in [6, 6.07) is 19.0. The minimum absolute atomic E-state index is 0.224. The van der Waals surface area contributed by atoms with E-state index in [0.29, 0.717) is 17.6 Å². The number of carbonyl (C=O) groups excluding carboxylic acids is 1. The van der Waals surface area contributed by atoms with Crippen molar-refractivity contribution in [1.82, 2.24) is 15.0 Å². The Bertz CT molecular complexity index is 1020. The van der Waals surface area contributed by atoms with E-state index in [1.807, 2.05) is 54.6 Å². The molecular weight excluding hydrogens is 348 g/mol. The molecular formula is C19H14N4O2S. The number of nitrogens with zero attached hydrogens (tertiary/aromatic N) is 3. The number of ether oxygens (including phenoxy) is 1. The first-order valence-electron chi connectivity index (χ1n) is 7.93. The molecule has 0 fully saturated rings. The molecule has 7 heteroatoms. The predicted molar refractivity (Wildman–Crippen MR) is 100 cm³/mol. The Balaban J connectivity index is 1.45. The van der Waals surface area contributed by atoms with Crippen molar-refractivity contribution in [2.24, 2.45) is 0 Å². The first-order valence-corrected chi connectivity index (χ1v) is 8.75. The van der Waals surface area contributed by atoms with E-state index in [1.54, 1.807) is 0 Å². The summed E-state index contributed by atoms with van der Waals surface area (Å²) in [6.45, 7) is 0.372. The molecule has 0 bridgehead atoms. The summed E-state index contributed by atoms with van der Waals surface area (Å²) in [6.07, 6.45) is 1.31. The monoisotopic (exact) mass is 362 g/mol. The van der Waals surface area contributed by atoms with E-state index in [4.69, 9.17) is 4.74 Å². The van der Waals surface area contributed by atoms with E-state index < -0.39 is 0 Å². The van der Waals surface area contributed by atoms with Gasteiger partial charge in [-0.1, -0.05) is 53.8 Å². The minimum Gasteiger partial charge on any atom is -0.473 e. The number of amides is 1. The summed E-state index contributed by atoms with van der Waals surface area (Å²) in [5.41, 5.74) is 2.09. The number of hydrogen-bond donors (Lipinski definition) is 1. The van der Waals surface area contributed by atoms with Gasteiger partial charge in [0.25, 0.3) is 5.91 Å². The van der Waals surface area contributed by atoms with Gasteiger partial charge in [-0.15, -0.1) is 0 Å². The number of benzene rings is 2. The standard InChI is InChI=1S/C19H14N4O2S/c24-18(23-19-22-14-8-4-5-9-16(14)26-19)15-10-17(21-12-20-15)25-11-13-6-2-1-3-7-13/h1-10,12H,11H2,(H,22,23,24). The van der Waals surface area contributed by atoms with Gasteiger partial charge >= 0.3 is 0 Å². The second-order valence-electron chi connectivity index (χ2n) is 5.46. The number of para-hydroxylation sites is 1. The van der Waals surface area contributed by atoms with E-state index in [0.717, 1.165) is 15.8 Å². The molecule has 128 valence electrons. The van der Waals surface area contributed by atoms with Gasteiger partial charge in [0.05, 0.1) is 10.2 Å². The highest BCUT2D eigenvalue weighted by molar-refractivity contribution is 7.22. The van der Waals surface area contributed by atoms with Gasteiger partial charge in [0.1, 0.15) is 18.6 Å². The summed E-state index contributed by atoms with van der Waals surface area (Å²) in [4.78, 5) is 24.9. The van der Waals surface area contributed by atoms with Crippen molar-refractivity contribution in [2.75, 3.05) is 5.32 Å². The Morgan fingerprint density at radius 2 is 1.85 bits per heavy atom. The van der Waals surface area contributed by atoms with Crippen LogP contribution in [-0.4, -0.2) is 20.9 Å². The number of rotatable bonds is 5. The molecule has 1 N–H and O–H groups in total. The Kier molecular flexibility index (Phi) is 4.53. The Labute approximate surface area is 153 Å². The molecule has 2 aromatic carbocycles. The molecule has 0 unspecified atom stereocenters. The van der Waals surface area contributed by atoms with Crippen LogP contribution >= 0.6 is 11.3 Å². The Morgan fingerprint density at radius 3 is 2.69 bits per heavy atom. The van der Waals surface area contributed by atoms with Crippen LogP contribution in [0.2, 0.25) is 0 Å². The van der Waals surface area contributed by atoms with Gasteiger partial charge < -0.3 is 4.74 Å². The highest BCUT2D eigenvalue weighted by Crippen LogP contribution is 2.25. The van der Waals surface area contributed by atoms with Crippen molar-refractivity contribution in [3.05, 3.63) is 78.2 Å². The molecule has 0 aliphatic rings. The van der Waals surface area contributed by atoms with E-state index in [9.17, 15) is 4.79 Å². The van der Waals surface area contributed by atoms with Crippen molar-refractivity contribution >= 4 is 32.6 Å². The van der Waals surface area contributed by atoms with Crippen LogP contribution in [-0.2, 0) is 6.61 Å². The number of fused-ring (bicyclic) bond motifs is 1. The molecule has 4 aromatic rings. The average Bonchev–Trinajstić information content (AvgIpc) is 3.09. The average molecular weight is 362 g/mol. The highest BCUT2D eigenvalue weighted by atomic mass is 32.1. The third-order valence-electron chi connectivity index (χ3n) is 3.62. The summed E-state index contributed by atoms with van der Waals surface area (Å²) in [5.74, 6) is -0.00526. The fourth-order valence-corrected chi connectivity index (χ4v) is 3.22. The van der Waals surface area contributed by atoms with Crippen LogP contribution in [0.5, 0.6) is 5.88 Å². The third-order valence-corrected chi connectivity index (χ3v) is 4.57. The van der Waals surface area contributed by atoms with Gasteiger partial charge in [0, 0.05) is 6.07 Å². The summed E-state index contributed by atoms with van der Waals surface area (Å²) in [5, 5.41) is 3.30. The highest BCUT2D eigenvalue weighted by Gasteiger charge is 2.12. The van der Waals surface area contributed by atoms with Crippen LogP contribution in [0.4, 0.5) is 5.13 Å². The molecule has 26 heavy (non-hydrogen) atoms. The SMILES string of the molecule is O=C(Nc1nc2ccccc2s1)c1cc(OCc2ccccc2)ncn1. The van der Waals surface area contributed by atoms with Crippen molar-refractivity contribution < 1.29 is 9.53 Å². The second-order valence-corrected chi connectivity index (χ2v) is 6.49. The molecule has 0 saturated carbocycles. The quantitative estimate of drug-likeness (QED) is 0.582. The Hall–Kier alpha value is -3.32. The number of anilines is 1. The van der Waals surface area contributed by atoms with Crippen LogP contribution in [0, 0.1) is 0 Å². The largest absolute Gasteiger partial charge is 0.473 e. The van der Waals surface area contributed by atoms with Crippen LogP contribution in [0.1, 0.15) is 16.1 Å². The fourth-order valence-electron chi connectivity index (χ4n) is 2.36. The lowest BCUT2D eigenvalue weighted by Gasteiger charge is -2.06. The van der Waals surface area contributed by atoms with Crippen molar-refractivity contribution in [3.63, 3.8) is 0 Å². The normalized spacial score (nSPS) is 10.6. The van der Waals surface area contributed by atoms with Gasteiger partial charge in [-0.3, -0.25) is 10.1 Å². The molecule has 0 aliphatic carbocycles. The number of nitrogens with one attached hydrogen (secondary N) is 1. The molecule has 0 atom stereocenters. The summed E-state index contributed by atoms with van der Waals surface area (Å²) >= 11 is 1.41. The Morgan fingerprint density at radius 1 is 1.04 bits per heavy atom. The number of carbonyl (C=O) groups is 1. The first kappa shape index (κ1) is 16.2. The maximum atomic E-state index is 12.4. The summed E-state index contributed by atoms with van der Waals surface area (Å²) < 4.78 is 6.65. The van der Waals surface area contributed by atoms with Crippen molar-refractivity contribution in [2.45, 2.75) is 6.61 Å². The zero-order valence-electron chi connectivity index (χ0n) is 13.6. The van der Waals surface area contributed by atoms with Gasteiger partial charge in [-0.05, 0) is 17.7 Å². The lowest BCUT2D eigenvalue weighted by Crippen LogP contribution is -2.14. The zero-order chi connectivity index (χ0) is 17.8. The van der Waals surface area contributed by atoms with Crippen molar-refractivity contribution in [3.8, 4) is 5.88 Å². The maximum absolute atomic E-state index is 12.4. The van der Waals surface area contributed by atoms with E-state index in [1.165, 1.54) is 23.7 Å². The van der Waals surface area contributed by atoms with E-state index in [-0.39, 0.29) is 11.6 Å². The lowest BCUT2D eigenvalue weighted by molar-refractivity contribution is 0.102. The zero-order valence-corrected chi connectivity index (χ0v) is 14.4. The molecule has 0 saturated heterocycles. The van der Waals surface area contributed by atoms with Crippen LogP contribution in [0.25, 0.3) is 10.2 Å². The van der Waals surface area contributed by atoms with E-state index in [2.05, 4.69) is 20.3 Å². The summed E-state index contributed by atoms with van der Waals surface area (Å²) in [7, 11) is 0. The number of thiazole rings is 1.